The van der Waals surface area contributed by atoms with Crippen molar-refractivity contribution in [2.75, 3.05) is 36.5 Å². The van der Waals surface area contributed by atoms with Crippen LogP contribution in [0.3, 0.4) is 0 Å². The molecule has 3 heterocycles. The average molecular weight is 544 g/mol. The Morgan fingerprint density at radius 3 is 2.44 bits per heavy atom. The smallest absolute Gasteiger partial charge is 0.306 e. The molecule has 12 heteroatoms. The lowest BCUT2D eigenvalue weighted by Crippen LogP contribution is -2.38. The van der Waals surface area contributed by atoms with Crippen molar-refractivity contribution in [3.63, 3.8) is 0 Å². The van der Waals surface area contributed by atoms with E-state index < -0.39 is 17.9 Å². The minimum absolute atomic E-state index is 0.0850. The fourth-order valence-corrected chi connectivity index (χ4v) is 5.14. The van der Waals surface area contributed by atoms with E-state index in [0.717, 1.165) is 25.7 Å². The summed E-state index contributed by atoms with van der Waals surface area (Å²) in [5.74, 6) is 0.512. The maximum Gasteiger partial charge on any atom is 0.306 e. The van der Waals surface area contributed by atoms with Gasteiger partial charge in [-0.3, -0.25) is 9.36 Å². The quantitative estimate of drug-likeness (QED) is 0.425. The molecule has 0 bridgehead atoms. The highest BCUT2D eigenvalue weighted by atomic mass is 19.3. The van der Waals surface area contributed by atoms with E-state index in [9.17, 15) is 13.6 Å². The van der Waals surface area contributed by atoms with Gasteiger partial charge in [-0.2, -0.15) is 15.0 Å². The highest BCUT2D eigenvalue weighted by Crippen LogP contribution is 2.31. The maximum absolute atomic E-state index is 14.1. The van der Waals surface area contributed by atoms with Crippen molar-refractivity contribution < 1.29 is 23.0 Å². The normalized spacial score (nSPS) is 20.4. The molecule has 1 N–H and O–H groups in total. The molecule has 10 nitrogen and oxygen atoms in total. The van der Waals surface area contributed by atoms with Gasteiger partial charge in [0.2, 0.25) is 17.8 Å². The van der Waals surface area contributed by atoms with E-state index in [1.54, 1.807) is 24.3 Å². The number of nitrogens with zero attached hydrogens (tertiary/aromatic N) is 6. The van der Waals surface area contributed by atoms with Crippen molar-refractivity contribution in [2.45, 2.75) is 70.9 Å². The fourth-order valence-electron chi connectivity index (χ4n) is 5.14. The van der Waals surface area contributed by atoms with Gasteiger partial charge in [0.15, 0.2) is 5.82 Å². The van der Waals surface area contributed by atoms with Gasteiger partial charge in [-0.1, -0.05) is 12.1 Å². The number of hydrogen-bond acceptors (Lipinski definition) is 9. The van der Waals surface area contributed by atoms with Gasteiger partial charge in [-0.15, -0.1) is 0 Å². The zero-order valence-electron chi connectivity index (χ0n) is 22.6. The van der Waals surface area contributed by atoms with Crippen LogP contribution in [0, 0.1) is 5.92 Å². The fraction of sp³-hybridized carbons (Fsp3) is 0.593. The van der Waals surface area contributed by atoms with Gasteiger partial charge >= 0.3 is 5.97 Å². The zero-order chi connectivity index (χ0) is 27.6. The molecule has 1 aliphatic heterocycles. The summed E-state index contributed by atoms with van der Waals surface area (Å²) in [6, 6.07) is 7.03. The standard InChI is InChI=1S/C27H35F2N7O3/c1-27(2,3)39-21(37)16-17-8-10-18(11-9-17)30-24-32-25(35-12-14-38-15-13-35)34-26(33-24)36-20-7-5-4-6-19(20)31-23(36)22(28)29/h4-7,17-18,22H,8-16H2,1-3H3,(H,30,32,33,34). The molecule has 39 heavy (non-hydrogen) atoms. The van der Waals surface area contributed by atoms with Crippen LogP contribution >= 0.6 is 0 Å². The summed E-state index contributed by atoms with van der Waals surface area (Å²) < 4.78 is 40.4. The molecule has 0 amide bonds. The first-order valence-electron chi connectivity index (χ1n) is 13.5. The number of halogens is 2. The van der Waals surface area contributed by atoms with Crippen molar-refractivity contribution in [1.82, 2.24) is 24.5 Å². The highest BCUT2D eigenvalue weighted by molar-refractivity contribution is 5.77. The Morgan fingerprint density at radius 2 is 1.74 bits per heavy atom. The third kappa shape index (κ3) is 6.60. The van der Waals surface area contributed by atoms with Gasteiger partial charge in [0.25, 0.3) is 6.43 Å². The zero-order valence-corrected chi connectivity index (χ0v) is 22.6. The second kappa shape index (κ2) is 11.4. The van der Waals surface area contributed by atoms with Gasteiger partial charge < -0.3 is 19.7 Å². The molecule has 2 aromatic heterocycles. The Kier molecular flexibility index (Phi) is 7.92. The number of aromatic nitrogens is 5. The van der Waals surface area contributed by atoms with Crippen LogP contribution in [-0.2, 0) is 14.3 Å². The predicted molar refractivity (Wildman–Crippen MR) is 142 cm³/mol. The minimum atomic E-state index is -2.81. The molecule has 0 radical (unpaired) electrons. The van der Waals surface area contributed by atoms with Crippen LogP contribution in [-0.4, -0.2) is 68.4 Å². The molecule has 1 aromatic carbocycles. The lowest BCUT2D eigenvalue weighted by atomic mass is 9.84. The number of anilines is 2. The Bertz CT molecular complexity index is 1300. The van der Waals surface area contributed by atoms with Crippen molar-refractivity contribution in [2.24, 2.45) is 5.92 Å². The van der Waals surface area contributed by atoms with Crippen molar-refractivity contribution in [3.8, 4) is 5.95 Å². The molecule has 1 saturated heterocycles. The van der Waals surface area contributed by atoms with Crippen LogP contribution in [0.1, 0.15) is 65.1 Å². The molecule has 1 aliphatic carbocycles. The first kappa shape index (κ1) is 27.2. The third-order valence-corrected chi connectivity index (χ3v) is 6.94. The first-order valence-corrected chi connectivity index (χ1v) is 13.5. The molecule has 2 aliphatic rings. The number of benzene rings is 1. The molecule has 1 saturated carbocycles. The third-order valence-electron chi connectivity index (χ3n) is 6.94. The van der Waals surface area contributed by atoms with Gasteiger partial charge in [-0.05, 0) is 64.5 Å². The Balaban J connectivity index is 1.38. The van der Waals surface area contributed by atoms with Crippen LogP contribution in [0.2, 0.25) is 0 Å². The molecule has 0 unspecified atom stereocenters. The highest BCUT2D eigenvalue weighted by Gasteiger charge is 2.28. The second-order valence-electron chi connectivity index (χ2n) is 11.1. The van der Waals surface area contributed by atoms with Gasteiger partial charge in [0.1, 0.15) is 5.60 Å². The van der Waals surface area contributed by atoms with E-state index in [0.29, 0.717) is 55.7 Å². The summed E-state index contributed by atoms with van der Waals surface area (Å²) in [6.45, 7) is 7.85. The number of ether oxygens (including phenoxy) is 2. The summed E-state index contributed by atoms with van der Waals surface area (Å²) in [6.07, 6.45) is 0.998. The Labute approximate surface area is 226 Å². The van der Waals surface area contributed by atoms with E-state index in [1.165, 1.54) is 4.57 Å². The molecule has 3 aromatic rings. The number of hydrogen-bond donors (Lipinski definition) is 1. The number of para-hydroxylation sites is 2. The van der Waals surface area contributed by atoms with E-state index in [1.807, 2.05) is 25.7 Å². The first-order chi connectivity index (χ1) is 18.7. The molecular weight excluding hydrogens is 508 g/mol. The summed E-state index contributed by atoms with van der Waals surface area (Å²) >= 11 is 0. The van der Waals surface area contributed by atoms with E-state index >= 15 is 0 Å². The Hall–Kier alpha value is -3.41. The van der Waals surface area contributed by atoms with Crippen LogP contribution in [0.5, 0.6) is 0 Å². The van der Waals surface area contributed by atoms with E-state index in [2.05, 4.69) is 25.3 Å². The number of rotatable bonds is 7. The van der Waals surface area contributed by atoms with Crippen LogP contribution in [0.15, 0.2) is 24.3 Å². The van der Waals surface area contributed by atoms with Crippen molar-refractivity contribution >= 4 is 28.9 Å². The number of fused-ring (bicyclic) bond motifs is 1. The number of nitrogens with one attached hydrogen (secondary N) is 1. The number of imidazole rings is 1. The number of carbonyl (C=O) groups is 1. The molecule has 0 atom stereocenters. The summed E-state index contributed by atoms with van der Waals surface area (Å²) in [5, 5.41) is 3.41. The summed E-state index contributed by atoms with van der Waals surface area (Å²) in [5.41, 5.74) is 0.453. The molecule has 5 rings (SSSR count). The molecule has 2 fully saturated rings. The Morgan fingerprint density at radius 1 is 1.05 bits per heavy atom. The SMILES string of the molecule is CC(C)(C)OC(=O)CC1CCC(Nc2nc(N3CCOCC3)nc(-n3c(C(F)F)nc4ccccc43)n2)CC1. The monoisotopic (exact) mass is 543 g/mol. The number of esters is 1. The predicted octanol–water partition coefficient (Wildman–Crippen LogP) is 4.69. The van der Waals surface area contributed by atoms with Crippen LogP contribution < -0.4 is 10.2 Å². The summed E-state index contributed by atoms with van der Waals surface area (Å²) in [7, 11) is 0. The number of morpholine rings is 1. The molecule has 210 valence electrons. The largest absolute Gasteiger partial charge is 0.460 e. The van der Waals surface area contributed by atoms with Crippen molar-refractivity contribution in [1.29, 1.82) is 0 Å². The van der Waals surface area contributed by atoms with Gasteiger partial charge in [0, 0.05) is 25.6 Å². The van der Waals surface area contributed by atoms with E-state index in [-0.39, 0.29) is 23.9 Å². The number of alkyl halides is 2. The number of carbonyl (C=O) groups excluding carboxylic acids is 1. The minimum Gasteiger partial charge on any atom is -0.460 e. The topological polar surface area (TPSA) is 107 Å². The van der Waals surface area contributed by atoms with Gasteiger partial charge in [-0.25, -0.2) is 13.8 Å². The van der Waals surface area contributed by atoms with E-state index in [4.69, 9.17) is 9.47 Å². The average Bonchev–Trinajstić information content (AvgIpc) is 3.29. The van der Waals surface area contributed by atoms with Gasteiger partial charge in [0.05, 0.1) is 24.2 Å². The molecule has 0 spiro atoms. The van der Waals surface area contributed by atoms with Crippen molar-refractivity contribution in [3.05, 3.63) is 30.1 Å². The van der Waals surface area contributed by atoms with Crippen LogP contribution in [0.4, 0.5) is 20.7 Å². The second-order valence-corrected chi connectivity index (χ2v) is 11.1. The molecular formula is C27H35F2N7O3. The van der Waals surface area contributed by atoms with Crippen LogP contribution in [0.25, 0.3) is 17.0 Å². The lowest BCUT2D eigenvalue weighted by Gasteiger charge is -2.30. The summed E-state index contributed by atoms with van der Waals surface area (Å²) in [4.78, 5) is 32.2. The maximum atomic E-state index is 14.1. The lowest BCUT2D eigenvalue weighted by molar-refractivity contribution is -0.156.